The first-order chi connectivity index (χ1) is 13.8. The molecule has 2 aromatic heterocycles. The minimum absolute atomic E-state index is 0.00318. The molecule has 152 valence electrons. The number of amides is 1. The molecule has 0 fully saturated rings. The summed E-state index contributed by atoms with van der Waals surface area (Å²) in [4.78, 5) is 30.4. The summed E-state index contributed by atoms with van der Waals surface area (Å²) in [5, 5.41) is 11.5. The third-order valence-corrected chi connectivity index (χ3v) is 5.84. The van der Waals surface area contributed by atoms with Crippen LogP contribution in [0.3, 0.4) is 0 Å². The second-order valence-electron chi connectivity index (χ2n) is 8.18. The number of para-hydroxylation sites is 1. The molecule has 1 unspecified atom stereocenters. The first-order valence-electron chi connectivity index (χ1n) is 10.0. The topological polar surface area (TPSA) is 86.5 Å². The Kier molecular flexibility index (Phi) is 4.94. The molecule has 3 heterocycles. The Labute approximate surface area is 169 Å². The number of aryl methyl sites for hydroxylation is 1. The van der Waals surface area contributed by atoms with E-state index in [9.17, 15) is 14.7 Å². The number of nitrogens with zero attached hydrogens (tertiary/aromatic N) is 1. The molecule has 0 saturated heterocycles. The highest BCUT2D eigenvalue weighted by Crippen LogP contribution is 2.34. The Bertz CT molecular complexity index is 1130. The molecule has 1 aliphatic rings. The number of carbonyl (C=O) groups excluding carboxylic acids is 1. The Morgan fingerprint density at radius 3 is 2.83 bits per heavy atom. The summed E-state index contributed by atoms with van der Waals surface area (Å²) in [5.41, 5.74) is 2.99. The van der Waals surface area contributed by atoms with Gasteiger partial charge in [-0.15, -0.1) is 0 Å². The molecule has 0 saturated carbocycles. The number of rotatable bonds is 4. The van der Waals surface area contributed by atoms with Gasteiger partial charge in [0.05, 0.1) is 6.54 Å². The van der Waals surface area contributed by atoms with E-state index >= 15 is 0 Å². The number of aromatic amines is 1. The number of hydrogen-bond acceptors (Lipinski definition) is 4. The molecule has 1 aliphatic heterocycles. The SMILES string of the molecule is Cc1cc(=O)c(O)c(C(CC(=O)N2CCc3c([nH]c4ccccc34)C2)C(C)C)o1. The van der Waals surface area contributed by atoms with Gasteiger partial charge < -0.3 is 19.4 Å². The monoisotopic (exact) mass is 394 g/mol. The van der Waals surface area contributed by atoms with E-state index in [1.165, 1.54) is 17.0 Å². The minimum Gasteiger partial charge on any atom is -0.502 e. The fourth-order valence-electron chi connectivity index (χ4n) is 4.23. The van der Waals surface area contributed by atoms with Crippen molar-refractivity contribution in [3.05, 3.63) is 63.3 Å². The van der Waals surface area contributed by atoms with Gasteiger partial charge in [-0.05, 0) is 30.9 Å². The van der Waals surface area contributed by atoms with Crippen LogP contribution in [0, 0.1) is 12.8 Å². The standard InChI is InChI=1S/C23H26N2O4/c1-13(2)17(23-22(28)20(26)10-14(3)29-23)11-21(27)25-9-8-16-15-6-4-5-7-18(15)24-19(16)12-25/h4-7,10,13,17,24,28H,8-9,11-12H2,1-3H3. The molecule has 29 heavy (non-hydrogen) atoms. The van der Waals surface area contributed by atoms with Gasteiger partial charge in [0.25, 0.3) is 0 Å². The first kappa shape index (κ1) is 19.3. The van der Waals surface area contributed by atoms with Crippen LogP contribution >= 0.6 is 0 Å². The van der Waals surface area contributed by atoms with Gasteiger partial charge >= 0.3 is 0 Å². The van der Waals surface area contributed by atoms with Crippen molar-refractivity contribution in [3.8, 4) is 5.75 Å². The summed E-state index contributed by atoms with van der Waals surface area (Å²) in [6.45, 7) is 6.79. The summed E-state index contributed by atoms with van der Waals surface area (Å²) in [7, 11) is 0. The molecule has 0 aliphatic carbocycles. The molecule has 1 atom stereocenters. The van der Waals surface area contributed by atoms with Crippen LogP contribution < -0.4 is 5.43 Å². The number of fused-ring (bicyclic) bond motifs is 3. The third-order valence-electron chi connectivity index (χ3n) is 5.84. The van der Waals surface area contributed by atoms with Gasteiger partial charge in [0, 0.05) is 41.5 Å². The number of benzene rings is 1. The normalized spacial score (nSPS) is 15.0. The number of nitrogens with one attached hydrogen (secondary N) is 1. The Morgan fingerprint density at radius 2 is 2.07 bits per heavy atom. The fourth-order valence-corrected chi connectivity index (χ4v) is 4.23. The van der Waals surface area contributed by atoms with E-state index in [0.717, 1.165) is 17.6 Å². The van der Waals surface area contributed by atoms with Gasteiger partial charge in [0.1, 0.15) is 5.76 Å². The van der Waals surface area contributed by atoms with Crippen molar-refractivity contribution in [2.24, 2.45) is 5.92 Å². The zero-order chi connectivity index (χ0) is 20.7. The summed E-state index contributed by atoms with van der Waals surface area (Å²) >= 11 is 0. The number of aromatic hydroxyl groups is 1. The Balaban J connectivity index is 1.57. The van der Waals surface area contributed by atoms with Crippen molar-refractivity contribution >= 4 is 16.8 Å². The zero-order valence-corrected chi connectivity index (χ0v) is 17.0. The van der Waals surface area contributed by atoms with E-state index in [4.69, 9.17) is 4.42 Å². The number of hydrogen-bond donors (Lipinski definition) is 2. The predicted octanol–water partition coefficient (Wildman–Crippen LogP) is 3.85. The summed E-state index contributed by atoms with van der Waals surface area (Å²) in [6.07, 6.45) is 0.995. The van der Waals surface area contributed by atoms with Crippen LogP contribution in [-0.2, 0) is 17.8 Å². The lowest BCUT2D eigenvalue weighted by molar-refractivity contribution is -0.133. The quantitative estimate of drug-likeness (QED) is 0.704. The minimum atomic E-state index is -0.470. The van der Waals surface area contributed by atoms with Crippen molar-refractivity contribution in [1.29, 1.82) is 0 Å². The second kappa shape index (κ2) is 7.43. The molecule has 6 nitrogen and oxygen atoms in total. The van der Waals surface area contributed by atoms with Crippen molar-refractivity contribution in [1.82, 2.24) is 9.88 Å². The molecule has 2 N–H and O–H groups in total. The maximum atomic E-state index is 13.1. The molecular weight excluding hydrogens is 368 g/mol. The molecule has 6 heteroatoms. The number of aromatic nitrogens is 1. The molecule has 0 bridgehead atoms. The van der Waals surface area contributed by atoms with Crippen LogP contribution in [0.15, 0.2) is 39.5 Å². The smallest absolute Gasteiger partial charge is 0.227 e. The van der Waals surface area contributed by atoms with Gasteiger partial charge in [-0.2, -0.15) is 0 Å². The van der Waals surface area contributed by atoms with Crippen molar-refractivity contribution in [2.75, 3.05) is 6.54 Å². The lowest BCUT2D eigenvalue weighted by atomic mass is 9.88. The molecule has 0 spiro atoms. The van der Waals surface area contributed by atoms with E-state index in [2.05, 4.69) is 17.1 Å². The first-order valence-corrected chi connectivity index (χ1v) is 10.0. The molecule has 4 rings (SSSR count). The van der Waals surface area contributed by atoms with Gasteiger partial charge in [-0.25, -0.2) is 0 Å². The third kappa shape index (κ3) is 3.55. The van der Waals surface area contributed by atoms with Gasteiger partial charge in [0.2, 0.25) is 17.1 Å². The largest absolute Gasteiger partial charge is 0.502 e. The second-order valence-corrected chi connectivity index (χ2v) is 8.18. The predicted molar refractivity (Wildman–Crippen MR) is 111 cm³/mol. The lowest BCUT2D eigenvalue weighted by Crippen LogP contribution is -2.37. The number of carbonyl (C=O) groups is 1. The van der Waals surface area contributed by atoms with Crippen molar-refractivity contribution in [2.45, 2.75) is 46.1 Å². The van der Waals surface area contributed by atoms with E-state index < -0.39 is 11.2 Å². The van der Waals surface area contributed by atoms with Gasteiger partial charge in [-0.1, -0.05) is 32.0 Å². The van der Waals surface area contributed by atoms with E-state index in [1.54, 1.807) is 6.92 Å². The van der Waals surface area contributed by atoms with E-state index in [-0.39, 0.29) is 29.9 Å². The van der Waals surface area contributed by atoms with Crippen LogP contribution in [0.4, 0.5) is 0 Å². The van der Waals surface area contributed by atoms with E-state index in [0.29, 0.717) is 18.8 Å². The average molecular weight is 394 g/mol. The fraction of sp³-hybridized carbons (Fsp3) is 0.391. The van der Waals surface area contributed by atoms with Crippen LogP contribution in [0.1, 0.15) is 49.0 Å². The molecule has 1 aromatic carbocycles. The Morgan fingerprint density at radius 1 is 1.31 bits per heavy atom. The summed E-state index contributed by atoms with van der Waals surface area (Å²) < 4.78 is 5.67. The van der Waals surface area contributed by atoms with Gasteiger partial charge in [-0.3, -0.25) is 9.59 Å². The van der Waals surface area contributed by atoms with Crippen LogP contribution in [0.2, 0.25) is 0 Å². The van der Waals surface area contributed by atoms with Crippen LogP contribution in [0.25, 0.3) is 10.9 Å². The van der Waals surface area contributed by atoms with Crippen LogP contribution in [-0.4, -0.2) is 27.4 Å². The van der Waals surface area contributed by atoms with Crippen LogP contribution in [0.5, 0.6) is 5.75 Å². The van der Waals surface area contributed by atoms with Gasteiger partial charge in [0.15, 0.2) is 5.76 Å². The highest BCUT2D eigenvalue weighted by atomic mass is 16.4. The molecule has 3 aromatic rings. The maximum Gasteiger partial charge on any atom is 0.227 e. The van der Waals surface area contributed by atoms with Crippen molar-refractivity contribution < 1.29 is 14.3 Å². The summed E-state index contributed by atoms with van der Waals surface area (Å²) in [5.74, 6) is -0.0825. The molecule has 1 amide bonds. The maximum absolute atomic E-state index is 13.1. The number of H-pyrrole nitrogens is 1. The Hall–Kier alpha value is -3.02. The zero-order valence-electron chi connectivity index (χ0n) is 17.0. The molecule has 0 radical (unpaired) electrons. The summed E-state index contributed by atoms with van der Waals surface area (Å²) in [6, 6.07) is 9.46. The average Bonchev–Trinajstić information content (AvgIpc) is 3.06. The van der Waals surface area contributed by atoms with E-state index in [1.807, 2.05) is 30.9 Å². The van der Waals surface area contributed by atoms with Crippen molar-refractivity contribution in [3.63, 3.8) is 0 Å². The lowest BCUT2D eigenvalue weighted by Gasteiger charge is -2.29. The highest BCUT2D eigenvalue weighted by molar-refractivity contribution is 5.85. The molecular formula is C23H26N2O4. The highest BCUT2D eigenvalue weighted by Gasteiger charge is 2.30.